The Hall–Kier alpha value is -2.20. The number of carbonyl (C=O) groups excluding carboxylic acids is 1. The van der Waals surface area contributed by atoms with Gasteiger partial charge < -0.3 is 10.2 Å². The molecule has 31 heavy (non-hydrogen) atoms. The highest BCUT2D eigenvalue weighted by atomic mass is 19.1. The molecular weight excluding hydrogens is 387 g/mol. The first-order valence-corrected chi connectivity index (χ1v) is 11.9. The van der Waals surface area contributed by atoms with Crippen LogP contribution in [0.2, 0.25) is 0 Å². The molecule has 0 bridgehead atoms. The lowest BCUT2D eigenvalue weighted by molar-refractivity contribution is -0.131. The zero-order valence-corrected chi connectivity index (χ0v) is 18.4. The Morgan fingerprint density at radius 1 is 0.968 bits per heavy atom. The number of benzene rings is 2. The van der Waals surface area contributed by atoms with E-state index in [2.05, 4.69) is 41.4 Å². The molecule has 1 amide bonds. The first-order chi connectivity index (χ1) is 15.1. The first-order valence-electron chi connectivity index (χ1n) is 11.9. The number of nitrogens with zero attached hydrogens (tertiary/aromatic N) is 1. The summed E-state index contributed by atoms with van der Waals surface area (Å²) in [5.41, 5.74) is 3.72. The molecule has 2 saturated heterocycles. The van der Waals surface area contributed by atoms with E-state index < -0.39 is 0 Å². The zero-order valence-electron chi connectivity index (χ0n) is 18.4. The number of halogens is 1. The van der Waals surface area contributed by atoms with E-state index in [0.29, 0.717) is 18.5 Å². The van der Waals surface area contributed by atoms with Crippen LogP contribution < -0.4 is 5.32 Å². The topological polar surface area (TPSA) is 32.3 Å². The van der Waals surface area contributed by atoms with Crippen LogP contribution in [0.5, 0.6) is 0 Å². The fourth-order valence-electron chi connectivity index (χ4n) is 6.52. The van der Waals surface area contributed by atoms with Gasteiger partial charge in [0.15, 0.2) is 0 Å². The van der Waals surface area contributed by atoms with Crippen molar-refractivity contribution in [1.29, 1.82) is 0 Å². The van der Waals surface area contributed by atoms with Crippen LogP contribution >= 0.6 is 0 Å². The molecule has 5 rings (SSSR count). The van der Waals surface area contributed by atoms with Crippen molar-refractivity contribution in [2.24, 2.45) is 5.41 Å². The van der Waals surface area contributed by atoms with Gasteiger partial charge in [0.2, 0.25) is 5.91 Å². The predicted molar refractivity (Wildman–Crippen MR) is 122 cm³/mol. The molecule has 4 heteroatoms. The molecule has 1 aliphatic carbocycles. The van der Waals surface area contributed by atoms with E-state index in [9.17, 15) is 9.18 Å². The monoisotopic (exact) mass is 420 g/mol. The Morgan fingerprint density at radius 3 is 2.32 bits per heavy atom. The fourth-order valence-corrected chi connectivity index (χ4v) is 6.52. The number of nitrogens with one attached hydrogen (secondary N) is 1. The zero-order chi connectivity index (χ0) is 21.4. The van der Waals surface area contributed by atoms with Gasteiger partial charge in [-0.15, -0.1) is 0 Å². The van der Waals surface area contributed by atoms with Crippen LogP contribution in [0.3, 0.4) is 0 Å². The number of hydrogen-bond acceptors (Lipinski definition) is 2. The van der Waals surface area contributed by atoms with Gasteiger partial charge in [-0.25, -0.2) is 4.39 Å². The summed E-state index contributed by atoms with van der Waals surface area (Å²) in [6.07, 6.45) is 6.82. The van der Waals surface area contributed by atoms with Gasteiger partial charge in [0.25, 0.3) is 0 Å². The average molecular weight is 421 g/mol. The molecule has 3 aliphatic rings. The van der Waals surface area contributed by atoms with Gasteiger partial charge in [0.05, 0.1) is 5.41 Å². The summed E-state index contributed by atoms with van der Waals surface area (Å²) in [7, 11) is 0. The molecular formula is C27H33FN2O. The van der Waals surface area contributed by atoms with E-state index in [4.69, 9.17) is 0 Å². The van der Waals surface area contributed by atoms with Gasteiger partial charge in [-0.3, -0.25) is 4.79 Å². The summed E-state index contributed by atoms with van der Waals surface area (Å²) < 4.78 is 13.4. The van der Waals surface area contributed by atoms with Crippen LogP contribution in [0.25, 0.3) is 0 Å². The molecule has 1 saturated carbocycles. The highest BCUT2D eigenvalue weighted by Gasteiger charge is 2.52. The van der Waals surface area contributed by atoms with Crippen LogP contribution in [0.4, 0.5) is 4.39 Å². The third-order valence-electron chi connectivity index (χ3n) is 8.39. The summed E-state index contributed by atoms with van der Waals surface area (Å²) in [5.74, 6) is 0.826. The minimum Gasteiger partial charge on any atom is -0.355 e. The van der Waals surface area contributed by atoms with E-state index >= 15 is 0 Å². The number of carbonyl (C=O) groups is 1. The van der Waals surface area contributed by atoms with Gasteiger partial charge >= 0.3 is 0 Å². The van der Waals surface area contributed by atoms with E-state index in [1.807, 2.05) is 12.1 Å². The highest BCUT2D eigenvalue weighted by molar-refractivity contribution is 5.86. The van der Waals surface area contributed by atoms with Crippen molar-refractivity contribution >= 4 is 5.91 Å². The lowest BCUT2D eigenvalue weighted by Gasteiger charge is -2.45. The Balaban J connectivity index is 1.22. The molecule has 164 valence electrons. The second-order valence-electron chi connectivity index (χ2n) is 9.87. The molecule has 1 N–H and O–H groups in total. The van der Waals surface area contributed by atoms with E-state index in [1.165, 1.54) is 48.9 Å². The Labute approximate surface area is 185 Å². The molecule has 0 aromatic heterocycles. The van der Waals surface area contributed by atoms with Crippen LogP contribution in [0.15, 0.2) is 48.5 Å². The second kappa shape index (κ2) is 8.38. The SMILES string of the molecule is Cc1ccccc1C1CCC(N2CCC3(CC2)C(=O)NCC3c2ccc(F)cc2)CC1. The Morgan fingerprint density at radius 2 is 1.65 bits per heavy atom. The van der Waals surface area contributed by atoms with Crippen molar-refractivity contribution in [2.75, 3.05) is 19.6 Å². The number of aryl methyl sites for hydroxylation is 1. The summed E-state index contributed by atoms with van der Waals surface area (Å²) in [5, 5.41) is 3.12. The summed E-state index contributed by atoms with van der Waals surface area (Å²) in [6, 6.07) is 16.3. The molecule has 3 nitrogen and oxygen atoms in total. The normalized spacial score (nSPS) is 28.6. The smallest absolute Gasteiger partial charge is 0.227 e. The third kappa shape index (κ3) is 3.80. The maximum atomic E-state index is 13.4. The number of hydrogen-bond donors (Lipinski definition) is 1. The number of rotatable bonds is 3. The summed E-state index contributed by atoms with van der Waals surface area (Å²) >= 11 is 0. The quantitative estimate of drug-likeness (QED) is 0.744. The van der Waals surface area contributed by atoms with Crippen molar-refractivity contribution in [3.63, 3.8) is 0 Å². The molecule has 1 unspecified atom stereocenters. The molecule has 2 heterocycles. The van der Waals surface area contributed by atoms with E-state index in [-0.39, 0.29) is 23.1 Å². The molecule has 3 fully saturated rings. The molecule has 1 atom stereocenters. The van der Waals surface area contributed by atoms with E-state index in [0.717, 1.165) is 31.5 Å². The van der Waals surface area contributed by atoms with Crippen molar-refractivity contribution in [3.8, 4) is 0 Å². The lowest BCUT2D eigenvalue weighted by atomic mass is 9.67. The lowest BCUT2D eigenvalue weighted by Crippen LogP contribution is -2.49. The first kappa shape index (κ1) is 20.7. The highest BCUT2D eigenvalue weighted by Crippen LogP contribution is 2.48. The van der Waals surface area contributed by atoms with Gasteiger partial charge in [-0.05, 0) is 93.3 Å². The maximum absolute atomic E-state index is 13.4. The van der Waals surface area contributed by atoms with Gasteiger partial charge in [-0.2, -0.15) is 0 Å². The van der Waals surface area contributed by atoms with Crippen molar-refractivity contribution < 1.29 is 9.18 Å². The molecule has 2 aromatic rings. The average Bonchev–Trinajstić information content (AvgIpc) is 3.11. The maximum Gasteiger partial charge on any atom is 0.227 e. The van der Waals surface area contributed by atoms with Gasteiger partial charge in [0.1, 0.15) is 5.82 Å². The van der Waals surface area contributed by atoms with Crippen LogP contribution in [0, 0.1) is 18.2 Å². The van der Waals surface area contributed by atoms with Crippen molar-refractivity contribution in [3.05, 3.63) is 71.0 Å². The fraction of sp³-hybridized carbons (Fsp3) is 0.519. The minimum absolute atomic E-state index is 0.152. The molecule has 2 aliphatic heterocycles. The van der Waals surface area contributed by atoms with Crippen molar-refractivity contribution in [1.82, 2.24) is 10.2 Å². The van der Waals surface area contributed by atoms with Gasteiger partial charge in [-0.1, -0.05) is 36.4 Å². The number of likely N-dealkylation sites (tertiary alicyclic amines) is 1. The number of amides is 1. The molecule has 2 aromatic carbocycles. The Kier molecular flexibility index (Phi) is 5.60. The van der Waals surface area contributed by atoms with Gasteiger partial charge in [0, 0.05) is 18.5 Å². The van der Waals surface area contributed by atoms with Crippen LogP contribution in [-0.4, -0.2) is 36.5 Å². The standard InChI is InChI=1S/C27H33FN2O/c1-19-4-2-3-5-24(19)20-8-12-23(13-9-20)30-16-14-27(15-17-30)25(18-29-26(27)31)21-6-10-22(28)11-7-21/h2-7,10-11,20,23,25H,8-9,12-18H2,1H3,(H,29,31). The van der Waals surface area contributed by atoms with Crippen LogP contribution in [-0.2, 0) is 4.79 Å². The largest absolute Gasteiger partial charge is 0.355 e. The van der Waals surface area contributed by atoms with Crippen LogP contribution in [0.1, 0.15) is 67.1 Å². The second-order valence-corrected chi connectivity index (χ2v) is 9.87. The van der Waals surface area contributed by atoms with Crippen molar-refractivity contribution in [2.45, 2.75) is 63.3 Å². The summed E-state index contributed by atoms with van der Waals surface area (Å²) in [6.45, 7) is 4.89. The molecule has 0 radical (unpaired) electrons. The van der Waals surface area contributed by atoms with E-state index in [1.54, 1.807) is 0 Å². The predicted octanol–water partition coefficient (Wildman–Crippen LogP) is 5.16. The Bertz CT molecular complexity index is 925. The minimum atomic E-state index is -0.327. The third-order valence-corrected chi connectivity index (χ3v) is 8.39. The summed E-state index contributed by atoms with van der Waals surface area (Å²) in [4.78, 5) is 15.6. The number of piperidine rings is 1. The molecule has 1 spiro atoms.